The Bertz CT molecular complexity index is 573. The molecule has 0 spiro atoms. The van der Waals surface area contributed by atoms with Crippen molar-refractivity contribution in [3.8, 4) is 5.75 Å². The Morgan fingerprint density at radius 1 is 1.26 bits per heavy atom. The lowest BCUT2D eigenvalue weighted by Gasteiger charge is -2.19. The van der Waals surface area contributed by atoms with Crippen LogP contribution in [0.15, 0.2) is 6.20 Å². The first-order valence-electron chi connectivity index (χ1n) is 6.04. The van der Waals surface area contributed by atoms with Gasteiger partial charge in [0.05, 0.1) is 24.6 Å². The summed E-state index contributed by atoms with van der Waals surface area (Å²) in [7, 11) is 0. The lowest BCUT2D eigenvalue weighted by atomic mass is 10.1. The van der Waals surface area contributed by atoms with E-state index in [4.69, 9.17) is 11.6 Å². The summed E-state index contributed by atoms with van der Waals surface area (Å²) in [5.41, 5.74) is -2.80. The van der Waals surface area contributed by atoms with Crippen molar-refractivity contribution in [1.82, 2.24) is 4.98 Å². The highest BCUT2D eigenvalue weighted by molar-refractivity contribution is 6.17. The molecule has 0 amide bonds. The number of hydrogen-bond acceptors (Lipinski definition) is 4. The van der Waals surface area contributed by atoms with Gasteiger partial charge < -0.3 is 9.47 Å². The molecular formula is C12H10ClF6NO3. The highest BCUT2D eigenvalue weighted by atomic mass is 35.5. The third-order valence-corrected chi connectivity index (χ3v) is 2.76. The Morgan fingerprint density at radius 3 is 2.30 bits per heavy atom. The van der Waals surface area contributed by atoms with Crippen LogP contribution < -0.4 is 4.74 Å². The standard InChI is InChI=1S/C12H10ClF6NO3/c1-2-22-9(21)3-8-6(4-13)10(23-12(17,18)19)7(5-20-8)11(14,15)16/h5H,2-4H2,1H3. The Labute approximate surface area is 131 Å². The number of halogens is 7. The van der Waals surface area contributed by atoms with Gasteiger partial charge in [-0.15, -0.1) is 24.8 Å². The first kappa shape index (κ1) is 19.3. The monoisotopic (exact) mass is 365 g/mol. The van der Waals surface area contributed by atoms with E-state index in [0.717, 1.165) is 0 Å². The second kappa shape index (κ2) is 7.24. The molecule has 1 aromatic rings. The highest BCUT2D eigenvalue weighted by Gasteiger charge is 2.41. The van der Waals surface area contributed by atoms with Gasteiger partial charge in [-0.25, -0.2) is 0 Å². The van der Waals surface area contributed by atoms with E-state index in [1.807, 2.05) is 0 Å². The van der Waals surface area contributed by atoms with Crippen LogP contribution in [0.5, 0.6) is 5.75 Å². The minimum Gasteiger partial charge on any atom is -0.466 e. The Balaban J connectivity index is 3.41. The molecule has 0 aliphatic rings. The third kappa shape index (κ3) is 5.45. The van der Waals surface area contributed by atoms with Crippen LogP contribution >= 0.6 is 11.6 Å². The summed E-state index contributed by atoms with van der Waals surface area (Å²) in [5, 5.41) is 0. The van der Waals surface area contributed by atoms with Gasteiger partial charge in [0.25, 0.3) is 0 Å². The van der Waals surface area contributed by atoms with Gasteiger partial charge in [0, 0.05) is 11.8 Å². The molecule has 1 heterocycles. The smallest absolute Gasteiger partial charge is 0.466 e. The van der Waals surface area contributed by atoms with Gasteiger partial charge in [0.1, 0.15) is 11.3 Å². The summed E-state index contributed by atoms with van der Waals surface area (Å²) in [6.07, 6.45) is -11.0. The van der Waals surface area contributed by atoms with Gasteiger partial charge in [-0.3, -0.25) is 9.78 Å². The average molecular weight is 366 g/mol. The molecule has 23 heavy (non-hydrogen) atoms. The maximum absolute atomic E-state index is 12.8. The van der Waals surface area contributed by atoms with E-state index in [0.29, 0.717) is 0 Å². The second-order valence-electron chi connectivity index (χ2n) is 4.09. The fourth-order valence-corrected chi connectivity index (χ4v) is 1.92. The van der Waals surface area contributed by atoms with Gasteiger partial charge in [-0.05, 0) is 6.92 Å². The number of carbonyl (C=O) groups excluding carboxylic acids is 1. The Kier molecular flexibility index (Phi) is 6.09. The molecule has 130 valence electrons. The van der Waals surface area contributed by atoms with E-state index in [9.17, 15) is 31.1 Å². The minimum absolute atomic E-state index is 0.0123. The van der Waals surface area contributed by atoms with Gasteiger partial charge in [0.15, 0.2) is 0 Å². The third-order valence-electron chi connectivity index (χ3n) is 2.49. The lowest BCUT2D eigenvalue weighted by molar-refractivity contribution is -0.276. The van der Waals surface area contributed by atoms with Crippen molar-refractivity contribution in [2.24, 2.45) is 0 Å². The first-order chi connectivity index (χ1) is 10.5. The van der Waals surface area contributed by atoms with E-state index in [-0.39, 0.29) is 18.5 Å². The van der Waals surface area contributed by atoms with Crippen molar-refractivity contribution in [2.75, 3.05) is 6.61 Å². The van der Waals surface area contributed by atoms with Gasteiger partial charge in [0.2, 0.25) is 0 Å². The van der Waals surface area contributed by atoms with Crippen LogP contribution in [-0.2, 0) is 28.0 Å². The predicted molar refractivity (Wildman–Crippen MR) is 65.8 cm³/mol. The molecule has 1 rings (SSSR count). The summed E-state index contributed by atoms with van der Waals surface area (Å²) >= 11 is 5.44. The summed E-state index contributed by atoms with van der Waals surface area (Å²) in [6, 6.07) is 0. The van der Waals surface area contributed by atoms with Gasteiger partial charge >= 0.3 is 18.5 Å². The van der Waals surface area contributed by atoms with Crippen molar-refractivity contribution in [1.29, 1.82) is 0 Å². The van der Waals surface area contributed by atoms with E-state index in [1.165, 1.54) is 6.92 Å². The number of alkyl halides is 7. The van der Waals surface area contributed by atoms with E-state index < -0.39 is 47.7 Å². The summed E-state index contributed by atoms with van der Waals surface area (Å²) in [5.74, 6) is -3.16. The molecule has 1 aromatic heterocycles. The SMILES string of the molecule is CCOC(=O)Cc1ncc(C(F)(F)F)c(OC(F)(F)F)c1CCl. The summed E-state index contributed by atoms with van der Waals surface area (Å²) in [4.78, 5) is 14.7. The van der Waals surface area contributed by atoms with E-state index in [1.54, 1.807) is 0 Å². The van der Waals surface area contributed by atoms with Crippen LogP contribution in [0.3, 0.4) is 0 Å². The number of esters is 1. The van der Waals surface area contributed by atoms with E-state index in [2.05, 4.69) is 14.5 Å². The molecule has 0 saturated heterocycles. The normalized spacial score (nSPS) is 12.2. The molecule has 0 fully saturated rings. The fraction of sp³-hybridized carbons (Fsp3) is 0.500. The largest absolute Gasteiger partial charge is 0.573 e. The average Bonchev–Trinajstić information content (AvgIpc) is 2.35. The summed E-state index contributed by atoms with van der Waals surface area (Å²) in [6.45, 7) is 1.47. The van der Waals surface area contributed by atoms with Gasteiger partial charge in [-0.2, -0.15) is 13.2 Å². The lowest BCUT2D eigenvalue weighted by Crippen LogP contribution is -2.23. The fourth-order valence-electron chi connectivity index (χ4n) is 1.65. The van der Waals surface area contributed by atoms with Crippen molar-refractivity contribution in [3.63, 3.8) is 0 Å². The molecule has 0 bridgehead atoms. The Morgan fingerprint density at radius 2 is 1.87 bits per heavy atom. The van der Waals surface area contributed by atoms with Crippen LogP contribution in [0.2, 0.25) is 0 Å². The van der Waals surface area contributed by atoms with Crippen LogP contribution in [0, 0.1) is 0 Å². The number of nitrogens with zero attached hydrogens (tertiary/aromatic N) is 1. The van der Waals surface area contributed by atoms with E-state index >= 15 is 0 Å². The molecule has 11 heteroatoms. The van der Waals surface area contributed by atoms with Crippen molar-refractivity contribution in [2.45, 2.75) is 31.8 Å². The number of hydrogen-bond donors (Lipinski definition) is 0. The number of rotatable bonds is 5. The molecule has 0 saturated carbocycles. The maximum atomic E-state index is 12.8. The molecule has 0 aliphatic carbocycles. The highest BCUT2D eigenvalue weighted by Crippen LogP contribution is 2.41. The molecule has 4 nitrogen and oxygen atoms in total. The number of ether oxygens (including phenoxy) is 2. The molecular weight excluding hydrogens is 356 g/mol. The zero-order valence-corrected chi connectivity index (χ0v) is 12.3. The van der Waals surface area contributed by atoms with Crippen molar-refractivity contribution in [3.05, 3.63) is 23.0 Å². The quantitative estimate of drug-likeness (QED) is 0.452. The van der Waals surface area contributed by atoms with Crippen molar-refractivity contribution < 1.29 is 40.6 Å². The van der Waals surface area contributed by atoms with Crippen LogP contribution in [0.1, 0.15) is 23.7 Å². The first-order valence-corrected chi connectivity index (χ1v) is 6.58. The molecule has 0 aromatic carbocycles. The van der Waals surface area contributed by atoms with Crippen LogP contribution in [-0.4, -0.2) is 23.9 Å². The molecule has 0 unspecified atom stereocenters. The minimum atomic E-state index is -5.37. The Hall–Kier alpha value is -1.71. The van der Waals surface area contributed by atoms with Crippen LogP contribution in [0.25, 0.3) is 0 Å². The summed E-state index contributed by atoms with van der Waals surface area (Å²) < 4.78 is 83.7. The van der Waals surface area contributed by atoms with Crippen molar-refractivity contribution >= 4 is 17.6 Å². The molecule has 0 N–H and O–H groups in total. The zero-order chi connectivity index (χ0) is 17.8. The predicted octanol–water partition coefficient (Wildman–Crippen LogP) is 3.84. The van der Waals surface area contributed by atoms with Crippen LogP contribution in [0.4, 0.5) is 26.3 Å². The zero-order valence-electron chi connectivity index (χ0n) is 11.5. The number of aromatic nitrogens is 1. The second-order valence-corrected chi connectivity index (χ2v) is 4.35. The number of pyridine rings is 1. The molecule has 0 aliphatic heterocycles. The maximum Gasteiger partial charge on any atom is 0.573 e. The topological polar surface area (TPSA) is 48.4 Å². The van der Waals surface area contributed by atoms with Gasteiger partial charge in [-0.1, -0.05) is 0 Å². The molecule has 0 atom stereocenters. The molecule has 0 radical (unpaired) electrons. The number of carbonyl (C=O) groups is 1.